The van der Waals surface area contributed by atoms with Gasteiger partial charge in [0.15, 0.2) is 0 Å². The minimum atomic E-state index is 0.110. The molecule has 5 nitrogen and oxygen atoms in total. The third-order valence-corrected chi connectivity index (χ3v) is 2.46. The van der Waals surface area contributed by atoms with E-state index in [1.165, 1.54) is 11.8 Å². The van der Waals surface area contributed by atoms with Gasteiger partial charge in [-0.05, 0) is 13.2 Å². The topological polar surface area (TPSA) is 84.8 Å². The van der Waals surface area contributed by atoms with Crippen LogP contribution in [0.1, 0.15) is 18.2 Å². The van der Waals surface area contributed by atoms with Gasteiger partial charge in [-0.3, -0.25) is 0 Å². The van der Waals surface area contributed by atoms with Gasteiger partial charge >= 0.3 is 0 Å². The third-order valence-electron chi connectivity index (χ3n) is 1.78. The van der Waals surface area contributed by atoms with Crippen LogP contribution in [0.25, 0.3) is 5.76 Å². The lowest BCUT2D eigenvalue weighted by Crippen LogP contribution is -2.05. The van der Waals surface area contributed by atoms with Crippen LogP contribution in [-0.2, 0) is 4.74 Å². The van der Waals surface area contributed by atoms with E-state index in [-0.39, 0.29) is 5.95 Å². The second kappa shape index (κ2) is 5.37. The Balaban J connectivity index is 3.32. The number of thioether (sulfide) groups is 1. The van der Waals surface area contributed by atoms with Crippen molar-refractivity contribution in [2.75, 3.05) is 18.6 Å². The Morgan fingerprint density at radius 2 is 2.31 bits per heavy atom. The van der Waals surface area contributed by atoms with Crippen LogP contribution < -0.4 is 5.73 Å². The Morgan fingerprint density at radius 3 is 2.81 bits per heavy atom. The largest absolute Gasteiger partial charge is 0.492 e. The second-order valence-corrected chi connectivity index (χ2v) is 3.58. The second-order valence-electron chi connectivity index (χ2n) is 2.78. The lowest BCUT2D eigenvalue weighted by atomic mass is 10.2. The number of nitrogen functional groups attached to an aromatic ring is 1. The van der Waals surface area contributed by atoms with Crippen molar-refractivity contribution in [3.8, 4) is 6.07 Å². The number of hydrogen-bond donors (Lipinski definition) is 1. The molecule has 0 saturated carbocycles. The first-order chi connectivity index (χ1) is 7.63. The summed E-state index contributed by atoms with van der Waals surface area (Å²) in [5, 5.41) is 9.59. The lowest BCUT2D eigenvalue weighted by molar-refractivity contribution is 0.297. The van der Waals surface area contributed by atoms with Gasteiger partial charge in [-0.25, -0.2) is 9.97 Å². The number of hydrogen-bond acceptors (Lipinski definition) is 6. The Labute approximate surface area is 98.3 Å². The Hall–Kier alpha value is -1.74. The zero-order valence-corrected chi connectivity index (χ0v) is 9.97. The van der Waals surface area contributed by atoms with Crippen LogP contribution in [0.2, 0.25) is 0 Å². The molecule has 0 aliphatic rings. The quantitative estimate of drug-likeness (QED) is 0.486. The van der Waals surface area contributed by atoms with Crippen molar-refractivity contribution in [2.45, 2.75) is 11.9 Å². The average Bonchev–Trinajstić information content (AvgIpc) is 2.28. The summed E-state index contributed by atoms with van der Waals surface area (Å²) in [5.41, 5.74) is 6.26. The van der Waals surface area contributed by atoms with Gasteiger partial charge in [-0.2, -0.15) is 5.26 Å². The standard InChI is InChI=1S/C10H12N4OS/c1-4-15-6(2)8-7(5-11)9(16-3)14-10(12)13-8/h2,4H2,1,3H3,(H2,12,13,14). The van der Waals surface area contributed by atoms with E-state index in [1.54, 1.807) is 0 Å². The van der Waals surface area contributed by atoms with E-state index >= 15 is 0 Å². The van der Waals surface area contributed by atoms with E-state index in [2.05, 4.69) is 16.5 Å². The number of aromatic nitrogens is 2. The number of rotatable bonds is 4. The van der Waals surface area contributed by atoms with Crippen molar-refractivity contribution >= 4 is 23.5 Å². The molecule has 0 amide bonds. The van der Waals surface area contributed by atoms with E-state index in [1.807, 2.05) is 19.2 Å². The van der Waals surface area contributed by atoms with Crippen LogP contribution in [0.3, 0.4) is 0 Å². The molecule has 1 aromatic rings. The summed E-state index contributed by atoms with van der Waals surface area (Å²) < 4.78 is 5.22. The molecule has 6 heteroatoms. The first kappa shape index (κ1) is 12.3. The van der Waals surface area contributed by atoms with Crippen molar-refractivity contribution in [3.63, 3.8) is 0 Å². The lowest BCUT2D eigenvalue weighted by Gasteiger charge is -2.10. The van der Waals surface area contributed by atoms with Crippen LogP contribution in [0.15, 0.2) is 11.6 Å². The van der Waals surface area contributed by atoms with Gasteiger partial charge in [0.2, 0.25) is 5.95 Å². The van der Waals surface area contributed by atoms with E-state index in [9.17, 15) is 0 Å². The zero-order valence-electron chi connectivity index (χ0n) is 9.15. The van der Waals surface area contributed by atoms with Crippen LogP contribution in [0, 0.1) is 11.3 Å². The smallest absolute Gasteiger partial charge is 0.221 e. The Bertz CT molecular complexity index is 453. The van der Waals surface area contributed by atoms with Crippen molar-refractivity contribution in [2.24, 2.45) is 0 Å². The first-order valence-corrected chi connectivity index (χ1v) is 5.80. The van der Waals surface area contributed by atoms with Crippen molar-refractivity contribution < 1.29 is 4.74 Å². The maximum absolute atomic E-state index is 9.06. The number of ether oxygens (including phenoxy) is 1. The maximum Gasteiger partial charge on any atom is 0.221 e. The van der Waals surface area contributed by atoms with Crippen molar-refractivity contribution in [3.05, 3.63) is 17.8 Å². The molecule has 0 atom stereocenters. The van der Waals surface area contributed by atoms with Crippen LogP contribution in [0.4, 0.5) is 5.95 Å². The average molecular weight is 236 g/mol. The van der Waals surface area contributed by atoms with E-state index in [0.717, 1.165) is 0 Å². The Kier molecular flexibility index (Phi) is 4.14. The number of nitrogens with zero attached hydrogens (tertiary/aromatic N) is 3. The number of anilines is 1. The van der Waals surface area contributed by atoms with Gasteiger partial charge < -0.3 is 10.5 Å². The highest BCUT2D eigenvalue weighted by atomic mass is 32.2. The van der Waals surface area contributed by atoms with Crippen molar-refractivity contribution in [1.82, 2.24) is 9.97 Å². The summed E-state index contributed by atoms with van der Waals surface area (Å²) in [6.45, 7) is 6.00. The van der Waals surface area contributed by atoms with Crippen LogP contribution in [-0.4, -0.2) is 22.8 Å². The number of nitrogens with two attached hydrogens (primary N) is 1. The molecule has 84 valence electrons. The molecule has 0 fully saturated rings. The molecule has 0 radical (unpaired) electrons. The molecule has 1 aromatic heterocycles. The molecule has 1 heterocycles. The highest BCUT2D eigenvalue weighted by Gasteiger charge is 2.15. The van der Waals surface area contributed by atoms with E-state index < -0.39 is 0 Å². The summed E-state index contributed by atoms with van der Waals surface area (Å²) in [7, 11) is 0. The molecule has 0 aliphatic carbocycles. The predicted octanol–water partition coefficient (Wildman–Crippen LogP) is 1.66. The molecule has 0 bridgehead atoms. The fourth-order valence-corrected chi connectivity index (χ4v) is 1.68. The molecular weight excluding hydrogens is 224 g/mol. The molecular formula is C10H12N4OS. The molecule has 0 unspecified atom stereocenters. The highest BCUT2D eigenvalue weighted by molar-refractivity contribution is 7.98. The van der Waals surface area contributed by atoms with Gasteiger partial charge in [0.05, 0.1) is 6.61 Å². The van der Waals surface area contributed by atoms with Crippen LogP contribution >= 0.6 is 11.8 Å². The van der Waals surface area contributed by atoms with Gasteiger partial charge in [-0.15, -0.1) is 11.8 Å². The molecule has 2 N–H and O–H groups in total. The molecule has 0 aliphatic heterocycles. The first-order valence-electron chi connectivity index (χ1n) is 4.57. The zero-order chi connectivity index (χ0) is 12.1. The molecule has 0 spiro atoms. The van der Waals surface area contributed by atoms with E-state index in [0.29, 0.717) is 28.6 Å². The van der Waals surface area contributed by atoms with E-state index in [4.69, 9.17) is 15.7 Å². The summed E-state index contributed by atoms with van der Waals surface area (Å²) >= 11 is 1.33. The summed E-state index contributed by atoms with van der Waals surface area (Å²) in [4.78, 5) is 7.95. The highest BCUT2D eigenvalue weighted by Crippen LogP contribution is 2.25. The monoisotopic (exact) mass is 236 g/mol. The van der Waals surface area contributed by atoms with Gasteiger partial charge in [0, 0.05) is 0 Å². The van der Waals surface area contributed by atoms with Crippen molar-refractivity contribution in [1.29, 1.82) is 5.26 Å². The third kappa shape index (κ3) is 2.44. The Morgan fingerprint density at radius 1 is 1.62 bits per heavy atom. The molecule has 16 heavy (non-hydrogen) atoms. The van der Waals surface area contributed by atoms with Gasteiger partial charge in [-0.1, -0.05) is 6.58 Å². The van der Waals surface area contributed by atoms with Crippen LogP contribution in [0.5, 0.6) is 0 Å². The SMILES string of the molecule is C=C(OCC)c1nc(N)nc(SC)c1C#N. The molecule has 1 rings (SSSR count). The summed E-state index contributed by atoms with van der Waals surface area (Å²) in [6, 6.07) is 2.04. The summed E-state index contributed by atoms with van der Waals surface area (Å²) in [6.07, 6.45) is 1.82. The fourth-order valence-electron chi connectivity index (χ4n) is 1.15. The predicted molar refractivity (Wildman–Crippen MR) is 63.6 cm³/mol. The molecule has 0 saturated heterocycles. The minimum Gasteiger partial charge on any atom is -0.492 e. The van der Waals surface area contributed by atoms with Gasteiger partial charge in [0.1, 0.15) is 28.1 Å². The number of nitriles is 1. The fraction of sp³-hybridized carbons (Fsp3) is 0.300. The minimum absolute atomic E-state index is 0.110. The molecule has 0 aromatic carbocycles. The normalized spacial score (nSPS) is 9.56. The van der Waals surface area contributed by atoms with Gasteiger partial charge in [0.25, 0.3) is 0 Å². The summed E-state index contributed by atoms with van der Waals surface area (Å²) in [5.74, 6) is 0.447. The maximum atomic E-state index is 9.06.